The summed E-state index contributed by atoms with van der Waals surface area (Å²) >= 11 is 0. The molecular formula is C20H19F2N3O5. The van der Waals surface area contributed by atoms with Crippen LogP contribution >= 0.6 is 0 Å². The van der Waals surface area contributed by atoms with E-state index in [1.54, 1.807) is 6.92 Å². The highest BCUT2D eigenvalue weighted by Crippen LogP contribution is 2.34. The first-order valence-corrected chi connectivity index (χ1v) is 9.42. The number of fused-ring (bicyclic) bond motifs is 3. The number of nitrogens with one attached hydrogen (secondary N) is 1. The van der Waals surface area contributed by atoms with Gasteiger partial charge in [-0.2, -0.15) is 0 Å². The molecule has 2 aliphatic heterocycles. The molecule has 1 aromatic carbocycles. The summed E-state index contributed by atoms with van der Waals surface area (Å²) in [6, 6.07) is 2.29. The monoisotopic (exact) mass is 419 g/mol. The van der Waals surface area contributed by atoms with Gasteiger partial charge in [0.25, 0.3) is 11.8 Å². The van der Waals surface area contributed by atoms with Gasteiger partial charge in [0, 0.05) is 30.9 Å². The van der Waals surface area contributed by atoms with E-state index in [2.05, 4.69) is 5.32 Å². The van der Waals surface area contributed by atoms with Crippen molar-refractivity contribution in [1.29, 1.82) is 0 Å². The normalized spacial score (nSPS) is 20.1. The van der Waals surface area contributed by atoms with Gasteiger partial charge >= 0.3 is 0 Å². The molecule has 3 heterocycles. The van der Waals surface area contributed by atoms with Crippen molar-refractivity contribution in [1.82, 2.24) is 14.8 Å². The molecule has 2 N–H and O–H groups in total. The Morgan fingerprint density at radius 1 is 1.27 bits per heavy atom. The fraction of sp³-hybridized carbons (Fsp3) is 0.350. The van der Waals surface area contributed by atoms with Crippen LogP contribution in [0.4, 0.5) is 8.78 Å². The number of pyridine rings is 1. The molecule has 1 aromatic heterocycles. The van der Waals surface area contributed by atoms with Gasteiger partial charge in [0.15, 0.2) is 11.4 Å². The van der Waals surface area contributed by atoms with Crippen molar-refractivity contribution in [2.45, 2.75) is 25.6 Å². The fourth-order valence-electron chi connectivity index (χ4n) is 3.95. The number of hydrogen-bond acceptors (Lipinski definition) is 5. The summed E-state index contributed by atoms with van der Waals surface area (Å²) in [5.74, 6) is -3.77. The lowest BCUT2D eigenvalue weighted by Crippen LogP contribution is -2.51. The van der Waals surface area contributed by atoms with Crippen LogP contribution in [0.25, 0.3) is 0 Å². The number of benzene rings is 1. The number of rotatable bonds is 4. The van der Waals surface area contributed by atoms with Crippen LogP contribution in [0.2, 0.25) is 0 Å². The Hall–Kier alpha value is -3.27. The SMILES string of the molecule is CCN1C(=O)c2c(O)c(=O)c(C(=O)NCc3ccc(F)cc3F)cn2[C@@H]2COCC21. The number of amides is 2. The highest BCUT2D eigenvalue weighted by atomic mass is 19.1. The number of likely N-dealkylation sites (N-methyl/N-ethyl adjacent to an activating group) is 1. The van der Waals surface area contributed by atoms with Crippen molar-refractivity contribution >= 4 is 11.8 Å². The molecule has 0 spiro atoms. The Morgan fingerprint density at radius 2 is 2.00 bits per heavy atom. The number of carbonyl (C=O) groups excluding carboxylic acids is 2. The highest BCUT2D eigenvalue weighted by molar-refractivity contribution is 5.99. The Morgan fingerprint density at radius 3 is 2.70 bits per heavy atom. The molecule has 1 saturated heterocycles. The third-order valence-electron chi connectivity index (χ3n) is 5.49. The summed E-state index contributed by atoms with van der Waals surface area (Å²) in [6.45, 7) is 2.44. The Bertz CT molecular complexity index is 1100. The molecule has 1 unspecified atom stereocenters. The van der Waals surface area contributed by atoms with E-state index in [-0.39, 0.29) is 42.1 Å². The molecular weight excluding hydrogens is 400 g/mol. The van der Waals surface area contributed by atoms with Gasteiger partial charge in [-0.25, -0.2) is 8.78 Å². The molecule has 2 amide bonds. The fourth-order valence-corrected chi connectivity index (χ4v) is 3.95. The zero-order chi connectivity index (χ0) is 21.6. The zero-order valence-electron chi connectivity index (χ0n) is 16.0. The van der Waals surface area contributed by atoms with Crippen molar-refractivity contribution in [3.05, 3.63) is 63.1 Å². The first kappa shape index (κ1) is 20.0. The van der Waals surface area contributed by atoms with Gasteiger partial charge in [0.2, 0.25) is 5.43 Å². The van der Waals surface area contributed by atoms with Crippen LogP contribution in [-0.2, 0) is 11.3 Å². The molecule has 0 aliphatic carbocycles. The average Bonchev–Trinajstić information content (AvgIpc) is 3.19. The molecule has 2 aliphatic rings. The van der Waals surface area contributed by atoms with Gasteiger partial charge in [-0.1, -0.05) is 6.07 Å². The minimum Gasteiger partial charge on any atom is -0.503 e. The maximum absolute atomic E-state index is 13.8. The lowest BCUT2D eigenvalue weighted by Gasteiger charge is -2.38. The van der Waals surface area contributed by atoms with Crippen LogP contribution in [0.15, 0.2) is 29.2 Å². The predicted octanol–water partition coefficient (Wildman–Crippen LogP) is 1.18. The molecule has 4 rings (SSSR count). The standard InChI is InChI=1S/C20H19F2N3O5/c1-2-24-14-8-30-9-15(14)25-7-12(17(26)18(27)16(25)20(24)29)19(28)23-6-10-3-4-11(21)5-13(10)22/h3-5,7,14-15,27H,2,6,8-9H2,1H3,(H,23,28)/t14?,15-/m1/s1. The zero-order valence-corrected chi connectivity index (χ0v) is 16.0. The van der Waals surface area contributed by atoms with E-state index in [0.29, 0.717) is 19.2 Å². The summed E-state index contributed by atoms with van der Waals surface area (Å²) in [6.07, 6.45) is 1.23. The van der Waals surface area contributed by atoms with Gasteiger partial charge in [0.1, 0.15) is 17.2 Å². The smallest absolute Gasteiger partial charge is 0.274 e. The van der Waals surface area contributed by atoms with Crippen LogP contribution in [0, 0.1) is 11.6 Å². The first-order chi connectivity index (χ1) is 14.3. The quantitative estimate of drug-likeness (QED) is 0.775. The predicted molar refractivity (Wildman–Crippen MR) is 100 cm³/mol. The topological polar surface area (TPSA) is 101 Å². The third-order valence-corrected chi connectivity index (χ3v) is 5.49. The van der Waals surface area contributed by atoms with Gasteiger partial charge in [-0.15, -0.1) is 0 Å². The molecule has 30 heavy (non-hydrogen) atoms. The Labute approximate surface area is 169 Å². The molecule has 2 aromatic rings. The first-order valence-electron chi connectivity index (χ1n) is 9.42. The van der Waals surface area contributed by atoms with Crippen molar-refractivity contribution in [3.8, 4) is 5.75 Å². The second-order valence-corrected chi connectivity index (χ2v) is 7.16. The van der Waals surface area contributed by atoms with Gasteiger partial charge < -0.3 is 24.6 Å². The lowest BCUT2D eigenvalue weighted by molar-refractivity contribution is 0.0569. The number of aromatic hydroxyl groups is 1. The van der Waals surface area contributed by atoms with E-state index < -0.39 is 34.6 Å². The van der Waals surface area contributed by atoms with Gasteiger partial charge in [-0.3, -0.25) is 14.4 Å². The van der Waals surface area contributed by atoms with Crippen LogP contribution in [0.3, 0.4) is 0 Å². The molecule has 2 atom stereocenters. The number of halogens is 2. The second-order valence-electron chi connectivity index (χ2n) is 7.16. The van der Waals surface area contributed by atoms with E-state index in [1.165, 1.54) is 21.7 Å². The van der Waals surface area contributed by atoms with Crippen LogP contribution in [-0.4, -0.2) is 52.2 Å². The Kier molecular flexibility index (Phi) is 5.02. The van der Waals surface area contributed by atoms with E-state index in [4.69, 9.17) is 4.74 Å². The number of ether oxygens (including phenoxy) is 1. The van der Waals surface area contributed by atoms with Crippen LogP contribution in [0.5, 0.6) is 5.75 Å². The third kappa shape index (κ3) is 3.13. The largest absolute Gasteiger partial charge is 0.503 e. The molecule has 0 bridgehead atoms. The Balaban J connectivity index is 1.68. The molecule has 8 nitrogen and oxygen atoms in total. The lowest BCUT2D eigenvalue weighted by atomic mass is 10.0. The second kappa shape index (κ2) is 7.52. The van der Waals surface area contributed by atoms with Crippen molar-refractivity contribution in [2.24, 2.45) is 0 Å². The summed E-state index contributed by atoms with van der Waals surface area (Å²) in [4.78, 5) is 39.5. The molecule has 10 heteroatoms. The number of nitrogens with zero attached hydrogens (tertiary/aromatic N) is 2. The molecule has 0 saturated carbocycles. The van der Waals surface area contributed by atoms with Gasteiger partial charge in [0.05, 0.1) is 25.3 Å². The minimum absolute atomic E-state index is 0.0325. The summed E-state index contributed by atoms with van der Waals surface area (Å²) in [5.41, 5.74) is -1.54. The van der Waals surface area contributed by atoms with Crippen LogP contribution < -0.4 is 10.7 Å². The molecule has 158 valence electrons. The molecule has 0 radical (unpaired) electrons. The number of hydrogen-bond donors (Lipinski definition) is 2. The van der Waals surface area contributed by atoms with Gasteiger partial charge in [-0.05, 0) is 13.0 Å². The van der Waals surface area contributed by atoms with Crippen molar-refractivity contribution in [2.75, 3.05) is 19.8 Å². The highest BCUT2D eigenvalue weighted by Gasteiger charge is 2.44. The summed E-state index contributed by atoms with van der Waals surface area (Å²) in [5, 5.41) is 12.8. The number of aromatic nitrogens is 1. The maximum atomic E-state index is 13.8. The van der Waals surface area contributed by atoms with Crippen molar-refractivity contribution in [3.63, 3.8) is 0 Å². The molecule has 1 fully saturated rings. The van der Waals surface area contributed by atoms with Crippen LogP contribution in [0.1, 0.15) is 39.4 Å². The maximum Gasteiger partial charge on any atom is 0.274 e. The van der Waals surface area contributed by atoms with E-state index in [9.17, 15) is 28.3 Å². The minimum atomic E-state index is -1.000. The number of carbonyl (C=O) groups is 2. The summed E-state index contributed by atoms with van der Waals surface area (Å²) in [7, 11) is 0. The average molecular weight is 419 g/mol. The van der Waals surface area contributed by atoms with Crippen molar-refractivity contribution < 1.29 is 28.2 Å². The van der Waals surface area contributed by atoms with E-state index in [1.807, 2.05) is 0 Å². The van der Waals surface area contributed by atoms with E-state index in [0.717, 1.165) is 6.07 Å². The summed E-state index contributed by atoms with van der Waals surface area (Å²) < 4.78 is 33.7. The van der Waals surface area contributed by atoms with E-state index >= 15 is 0 Å².